The fourth-order valence-electron chi connectivity index (χ4n) is 1.94. The Kier molecular flexibility index (Phi) is 4.57. The first kappa shape index (κ1) is 14.7. The van der Waals surface area contributed by atoms with E-state index in [0.29, 0.717) is 12.3 Å². The number of imidazole rings is 1. The van der Waals surface area contributed by atoms with Crippen molar-refractivity contribution in [2.45, 2.75) is 6.92 Å². The van der Waals surface area contributed by atoms with Gasteiger partial charge in [0.05, 0.1) is 12.0 Å². The molecule has 0 atom stereocenters. The van der Waals surface area contributed by atoms with Gasteiger partial charge in [0, 0.05) is 5.56 Å². The summed E-state index contributed by atoms with van der Waals surface area (Å²) in [6.07, 6.45) is 1.92. The Morgan fingerprint density at radius 1 is 1.35 bits per heavy atom. The van der Waals surface area contributed by atoms with E-state index in [9.17, 15) is 4.79 Å². The summed E-state index contributed by atoms with van der Waals surface area (Å²) >= 11 is 1.49. The number of aromatic amines is 1. The van der Waals surface area contributed by atoms with E-state index in [1.165, 1.54) is 11.3 Å². The molecule has 0 saturated carbocycles. The number of halogens is 1. The molecule has 0 amide bonds. The maximum Gasteiger partial charge on any atom is 0.379 e. The zero-order valence-electron chi connectivity index (χ0n) is 10.8. The van der Waals surface area contributed by atoms with E-state index in [4.69, 9.17) is 4.74 Å². The van der Waals surface area contributed by atoms with E-state index in [-0.39, 0.29) is 23.0 Å². The Morgan fingerprint density at radius 3 is 2.80 bits per heavy atom. The normalized spacial score (nSPS) is 10.2. The lowest BCUT2D eigenvalue weighted by atomic mass is 10.2. The van der Waals surface area contributed by atoms with E-state index in [2.05, 4.69) is 4.98 Å². The average molecular weight is 353 g/mol. The second-order valence-electron chi connectivity index (χ2n) is 4.05. The molecule has 2 aromatic heterocycles. The Hall–Kier alpha value is -1.66. The highest BCUT2D eigenvalue weighted by Crippen LogP contribution is 2.19. The van der Waals surface area contributed by atoms with Crippen LogP contribution in [0.1, 0.15) is 17.4 Å². The van der Waals surface area contributed by atoms with Crippen molar-refractivity contribution in [1.82, 2.24) is 4.98 Å². The molecule has 0 saturated heterocycles. The second-order valence-corrected chi connectivity index (χ2v) is 4.91. The van der Waals surface area contributed by atoms with Gasteiger partial charge in [-0.3, -0.25) is 0 Å². The zero-order valence-corrected chi connectivity index (χ0v) is 13.2. The SMILES string of the molecule is CCOC(=O)c1csc2[nH]c(-c3ccccc3)c[n+]12.[Br-]. The number of nitrogens with one attached hydrogen (secondary N) is 1. The van der Waals surface area contributed by atoms with Gasteiger partial charge in [0.15, 0.2) is 5.69 Å². The summed E-state index contributed by atoms with van der Waals surface area (Å²) in [6.45, 7) is 2.19. The average Bonchev–Trinajstić information content (AvgIpc) is 2.99. The van der Waals surface area contributed by atoms with Crippen molar-refractivity contribution in [2.75, 3.05) is 6.61 Å². The first-order valence-corrected chi connectivity index (χ1v) is 6.92. The van der Waals surface area contributed by atoms with Crippen LogP contribution in [-0.4, -0.2) is 17.6 Å². The molecule has 0 aliphatic carbocycles. The van der Waals surface area contributed by atoms with Gasteiger partial charge in [-0.25, -0.2) is 9.78 Å². The molecule has 3 aromatic rings. The number of rotatable bonds is 3. The second kappa shape index (κ2) is 6.19. The number of hydrogen-bond donors (Lipinski definition) is 1. The molecule has 6 heteroatoms. The third-order valence-electron chi connectivity index (χ3n) is 2.83. The Labute approximate surface area is 130 Å². The van der Waals surface area contributed by atoms with Gasteiger partial charge in [-0.15, -0.1) is 0 Å². The van der Waals surface area contributed by atoms with E-state index >= 15 is 0 Å². The standard InChI is InChI=1S/C14H12N2O2S.BrH/c1-2-18-13(17)12-9-19-14-15-11(8-16(12)14)10-6-4-3-5-7-10;/h3-9H,2H2,1H3;1H. The highest BCUT2D eigenvalue weighted by molar-refractivity contribution is 7.14. The van der Waals surface area contributed by atoms with Crippen molar-refractivity contribution < 1.29 is 30.9 Å². The van der Waals surface area contributed by atoms with Gasteiger partial charge in [-0.05, 0) is 6.92 Å². The van der Waals surface area contributed by atoms with Crippen molar-refractivity contribution in [3.8, 4) is 11.3 Å². The quantitative estimate of drug-likeness (QED) is 0.518. The number of benzene rings is 1. The van der Waals surface area contributed by atoms with Gasteiger partial charge >= 0.3 is 10.9 Å². The van der Waals surface area contributed by atoms with Crippen molar-refractivity contribution in [2.24, 2.45) is 0 Å². The highest BCUT2D eigenvalue weighted by Gasteiger charge is 2.22. The number of esters is 1. The minimum Gasteiger partial charge on any atom is -1.00 e. The molecular formula is C14H13BrN2O2S. The Bertz CT molecular complexity index is 721. The van der Waals surface area contributed by atoms with Crippen LogP contribution in [0.5, 0.6) is 0 Å². The first-order valence-electron chi connectivity index (χ1n) is 6.04. The number of thiazole rings is 1. The van der Waals surface area contributed by atoms with Crippen molar-refractivity contribution >= 4 is 22.3 Å². The molecule has 1 aromatic carbocycles. The van der Waals surface area contributed by atoms with Gasteiger partial charge in [-0.1, -0.05) is 41.7 Å². The maximum atomic E-state index is 11.8. The summed E-state index contributed by atoms with van der Waals surface area (Å²) in [5.41, 5.74) is 2.63. The van der Waals surface area contributed by atoms with Gasteiger partial charge in [0.25, 0.3) is 0 Å². The van der Waals surface area contributed by atoms with E-state index in [0.717, 1.165) is 16.2 Å². The van der Waals surface area contributed by atoms with Crippen LogP contribution in [0.25, 0.3) is 16.2 Å². The van der Waals surface area contributed by atoms with Gasteiger partial charge in [0.1, 0.15) is 6.20 Å². The number of hydrogen-bond acceptors (Lipinski definition) is 3. The summed E-state index contributed by atoms with van der Waals surface area (Å²) in [6, 6.07) is 10.0. The van der Waals surface area contributed by atoms with Crippen LogP contribution in [-0.2, 0) is 4.74 Å². The molecule has 0 bridgehead atoms. The molecule has 0 aliphatic heterocycles. The lowest BCUT2D eigenvalue weighted by Gasteiger charge is -1.95. The van der Waals surface area contributed by atoms with Crippen molar-refractivity contribution in [3.05, 3.63) is 47.6 Å². The van der Waals surface area contributed by atoms with Crippen LogP contribution in [0, 0.1) is 0 Å². The molecule has 0 unspecified atom stereocenters. The summed E-state index contributed by atoms with van der Waals surface area (Å²) in [7, 11) is 0. The molecule has 0 aliphatic rings. The summed E-state index contributed by atoms with van der Waals surface area (Å²) < 4.78 is 6.88. The van der Waals surface area contributed by atoms with E-state index in [1.54, 1.807) is 12.3 Å². The third kappa shape index (κ3) is 2.62. The lowest BCUT2D eigenvalue weighted by molar-refractivity contribution is -0.508. The van der Waals surface area contributed by atoms with Crippen molar-refractivity contribution in [3.63, 3.8) is 0 Å². The topological polar surface area (TPSA) is 46.2 Å². The summed E-state index contributed by atoms with van der Waals surface area (Å²) in [4.78, 5) is 16.0. The number of nitrogens with zero attached hydrogens (tertiary/aromatic N) is 1. The minimum absolute atomic E-state index is 0. The van der Waals surface area contributed by atoms with Gasteiger partial charge in [0.2, 0.25) is 5.69 Å². The first-order chi connectivity index (χ1) is 9.29. The number of aromatic nitrogens is 2. The summed E-state index contributed by atoms with van der Waals surface area (Å²) in [5, 5.41) is 1.80. The molecule has 0 spiro atoms. The summed E-state index contributed by atoms with van der Waals surface area (Å²) in [5.74, 6) is -0.294. The predicted octanol–water partition coefficient (Wildman–Crippen LogP) is -0.337. The molecule has 3 rings (SSSR count). The Balaban J connectivity index is 0.00000147. The third-order valence-corrected chi connectivity index (χ3v) is 3.69. The molecule has 1 N–H and O–H groups in total. The number of H-pyrrole nitrogens is 1. The van der Waals surface area contributed by atoms with E-state index in [1.807, 2.05) is 40.9 Å². The number of ether oxygens (including phenoxy) is 1. The van der Waals surface area contributed by atoms with Crippen LogP contribution in [0.4, 0.5) is 0 Å². The number of carbonyl (C=O) groups excluding carboxylic acids is 1. The molecule has 20 heavy (non-hydrogen) atoms. The van der Waals surface area contributed by atoms with Crippen LogP contribution < -0.4 is 21.4 Å². The molecule has 104 valence electrons. The van der Waals surface area contributed by atoms with E-state index < -0.39 is 0 Å². The molecule has 0 fully saturated rings. The zero-order chi connectivity index (χ0) is 13.2. The highest BCUT2D eigenvalue weighted by atomic mass is 79.9. The molecule has 2 heterocycles. The van der Waals surface area contributed by atoms with Crippen molar-refractivity contribution in [1.29, 1.82) is 0 Å². The fraction of sp³-hybridized carbons (Fsp3) is 0.143. The predicted molar refractivity (Wildman–Crippen MR) is 73.2 cm³/mol. The van der Waals surface area contributed by atoms with Crippen LogP contribution in [0.15, 0.2) is 41.9 Å². The van der Waals surface area contributed by atoms with Crippen LogP contribution in [0.2, 0.25) is 0 Å². The fourth-order valence-corrected chi connectivity index (χ4v) is 2.81. The van der Waals surface area contributed by atoms with Gasteiger partial charge in [-0.2, -0.15) is 4.40 Å². The van der Waals surface area contributed by atoms with Crippen LogP contribution >= 0.6 is 11.3 Å². The smallest absolute Gasteiger partial charge is 0.379 e. The Morgan fingerprint density at radius 2 is 2.10 bits per heavy atom. The number of fused-ring (bicyclic) bond motifs is 1. The maximum absolute atomic E-state index is 11.8. The monoisotopic (exact) mass is 352 g/mol. The molecule has 0 radical (unpaired) electrons. The largest absolute Gasteiger partial charge is 1.00 e. The van der Waals surface area contributed by atoms with Gasteiger partial charge < -0.3 is 21.7 Å². The minimum atomic E-state index is -0.294. The van der Waals surface area contributed by atoms with Crippen LogP contribution in [0.3, 0.4) is 0 Å². The lowest BCUT2D eigenvalue weighted by Crippen LogP contribution is -3.00. The number of carbonyl (C=O) groups is 1. The molecule has 4 nitrogen and oxygen atoms in total. The molecular weight excluding hydrogens is 340 g/mol.